The number of carbonyl (C=O) groups is 1. The molecule has 4 nitrogen and oxygen atoms in total. The molecule has 1 N–H and O–H groups in total. The highest BCUT2D eigenvalue weighted by Gasteiger charge is 2.12. The lowest BCUT2D eigenvalue weighted by Crippen LogP contribution is -2.19. The molecule has 1 rings (SSSR count). The first-order valence-corrected chi connectivity index (χ1v) is 5.17. The number of hydrogen-bond donors (Lipinski definition) is 1. The van der Waals surface area contributed by atoms with Gasteiger partial charge in [0.25, 0.3) is 0 Å². The number of hydrogen-bond acceptors (Lipinski definition) is 3. The first kappa shape index (κ1) is 11.7. The van der Waals surface area contributed by atoms with Gasteiger partial charge < -0.3 is 5.32 Å². The summed E-state index contributed by atoms with van der Waals surface area (Å²) in [4.78, 5) is 15.5. The number of nitrogens with zero attached hydrogens (tertiary/aromatic N) is 2. The summed E-state index contributed by atoms with van der Waals surface area (Å²) in [6.45, 7) is 3.37. The van der Waals surface area contributed by atoms with E-state index in [-0.39, 0.29) is 5.91 Å². The van der Waals surface area contributed by atoms with Gasteiger partial charge in [-0.3, -0.25) is 4.79 Å². The van der Waals surface area contributed by atoms with E-state index in [1.807, 2.05) is 13.0 Å². The van der Waals surface area contributed by atoms with Crippen LogP contribution in [0.2, 0.25) is 0 Å². The van der Waals surface area contributed by atoms with E-state index in [1.54, 1.807) is 19.1 Å². The van der Waals surface area contributed by atoms with Crippen molar-refractivity contribution < 1.29 is 4.79 Å². The molecule has 78 valence electrons. The van der Waals surface area contributed by atoms with E-state index >= 15 is 0 Å². The van der Waals surface area contributed by atoms with Gasteiger partial charge in [-0.15, -0.1) is 0 Å². The maximum atomic E-state index is 11.4. The fourth-order valence-electron chi connectivity index (χ4n) is 0.907. The van der Waals surface area contributed by atoms with Gasteiger partial charge in [-0.25, -0.2) is 4.98 Å². The quantitative estimate of drug-likeness (QED) is 0.894. The van der Waals surface area contributed by atoms with E-state index in [0.29, 0.717) is 5.82 Å². The predicted molar refractivity (Wildman–Crippen MR) is 60.1 cm³/mol. The van der Waals surface area contributed by atoms with Crippen molar-refractivity contribution in [2.75, 3.05) is 5.32 Å². The molecular weight excluding hydrogens is 258 g/mol. The summed E-state index contributed by atoms with van der Waals surface area (Å²) in [5.74, 6) is -0.551. The molecule has 0 fully saturated rings. The van der Waals surface area contributed by atoms with Crippen LogP contribution < -0.4 is 5.32 Å². The number of rotatable bonds is 2. The van der Waals surface area contributed by atoms with Gasteiger partial charge in [-0.1, -0.05) is 0 Å². The lowest BCUT2D eigenvalue weighted by atomic mass is 10.2. The number of halogens is 1. The standard InChI is InChI=1S/C10H10BrN3O/c1-6(5-12)10(15)14-9-4-3-8(11)7(2)13-9/h3-4,6H,1-2H3,(H,13,14,15). The Bertz CT molecular complexity index is 425. The summed E-state index contributed by atoms with van der Waals surface area (Å²) in [5, 5.41) is 11.1. The highest BCUT2D eigenvalue weighted by atomic mass is 79.9. The SMILES string of the molecule is Cc1nc(NC(=O)C(C)C#N)ccc1Br. The van der Waals surface area contributed by atoms with Crippen LogP contribution in [0.4, 0.5) is 5.82 Å². The molecule has 1 aromatic heterocycles. The summed E-state index contributed by atoms with van der Waals surface area (Å²) < 4.78 is 0.883. The second kappa shape index (κ2) is 4.89. The van der Waals surface area contributed by atoms with Gasteiger partial charge >= 0.3 is 0 Å². The minimum absolute atomic E-state index is 0.341. The van der Waals surface area contributed by atoms with Crippen LogP contribution in [0.3, 0.4) is 0 Å². The largest absolute Gasteiger partial charge is 0.310 e. The van der Waals surface area contributed by atoms with E-state index in [2.05, 4.69) is 26.2 Å². The number of pyridine rings is 1. The van der Waals surface area contributed by atoms with E-state index in [0.717, 1.165) is 10.2 Å². The van der Waals surface area contributed by atoms with Crippen LogP contribution >= 0.6 is 15.9 Å². The third kappa shape index (κ3) is 3.03. The number of anilines is 1. The molecule has 0 bridgehead atoms. The normalized spacial score (nSPS) is 11.6. The van der Waals surface area contributed by atoms with Gasteiger partial charge in [0.1, 0.15) is 11.7 Å². The van der Waals surface area contributed by atoms with Crippen molar-refractivity contribution in [2.45, 2.75) is 13.8 Å². The molecule has 0 aliphatic heterocycles. The highest BCUT2D eigenvalue weighted by Crippen LogP contribution is 2.16. The molecule has 0 aromatic carbocycles. The van der Waals surface area contributed by atoms with Crippen molar-refractivity contribution >= 4 is 27.7 Å². The molecule has 0 spiro atoms. The average Bonchev–Trinajstić information content (AvgIpc) is 2.22. The number of carbonyl (C=O) groups excluding carboxylic acids is 1. The third-order valence-corrected chi connectivity index (χ3v) is 2.70. The van der Waals surface area contributed by atoms with Crippen molar-refractivity contribution in [3.63, 3.8) is 0 Å². The minimum atomic E-state index is -0.671. The Morgan fingerprint density at radius 1 is 1.67 bits per heavy atom. The Hall–Kier alpha value is -1.41. The van der Waals surface area contributed by atoms with Crippen LogP contribution in [0.5, 0.6) is 0 Å². The van der Waals surface area contributed by atoms with Gasteiger partial charge in [-0.2, -0.15) is 5.26 Å². The molecule has 0 aliphatic rings. The molecule has 1 unspecified atom stereocenters. The van der Waals surface area contributed by atoms with Gasteiger partial charge in [-0.05, 0) is 41.9 Å². The smallest absolute Gasteiger partial charge is 0.242 e. The molecule has 0 saturated heterocycles. The Kier molecular flexibility index (Phi) is 3.81. The summed E-state index contributed by atoms with van der Waals surface area (Å²) in [5.41, 5.74) is 0.789. The molecule has 1 amide bonds. The van der Waals surface area contributed by atoms with E-state index < -0.39 is 5.92 Å². The van der Waals surface area contributed by atoms with Crippen LogP contribution in [0, 0.1) is 24.2 Å². The van der Waals surface area contributed by atoms with Gasteiger partial charge in [0, 0.05) is 4.47 Å². The lowest BCUT2D eigenvalue weighted by Gasteiger charge is -2.06. The molecule has 1 atom stereocenters. The van der Waals surface area contributed by atoms with Crippen LogP contribution in [-0.4, -0.2) is 10.9 Å². The van der Waals surface area contributed by atoms with Crippen LogP contribution in [0.1, 0.15) is 12.6 Å². The second-order valence-corrected chi connectivity index (χ2v) is 3.96. The monoisotopic (exact) mass is 267 g/mol. The maximum absolute atomic E-state index is 11.4. The molecule has 0 radical (unpaired) electrons. The first-order chi connectivity index (χ1) is 7.04. The van der Waals surface area contributed by atoms with Gasteiger partial charge in [0.15, 0.2) is 0 Å². The topological polar surface area (TPSA) is 65.8 Å². The van der Waals surface area contributed by atoms with Crippen molar-refractivity contribution in [3.8, 4) is 6.07 Å². The number of nitriles is 1. The van der Waals surface area contributed by atoms with Crippen molar-refractivity contribution in [3.05, 3.63) is 22.3 Å². The number of aromatic nitrogens is 1. The molecule has 1 heterocycles. The average molecular weight is 268 g/mol. The van der Waals surface area contributed by atoms with E-state index in [9.17, 15) is 4.79 Å². The molecule has 0 saturated carbocycles. The first-order valence-electron chi connectivity index (χ1n) is 4.38. The summed E-state index contributed by atoms with van der Waals surface area (Å²) >= 11 is 3.31. The lowest BCUT2D eigenvalue weighted by molar-refractivity contribution is -0.117. The fraction of sp³-hybridized carbons (Fsp3) is 0.300. The van der Waals surface area contributed by atoms with Crippen LogP contribution in [0.25, 0.3) is 0 Å². The van der Waals surface area contributed by atoms with Crippen molar-refractivity contribution in [1.82, 2.24) is 4.98 Å². The summed E-state index contributed by atoms with van der Waals surface area (Å²) in [6.07, 6.45) is 0. The van der Waals surface area contributed by atoms with Gasteiger partial charge in [0.05, 0.1) is 11.8 Å². The zero-order valence-corrected chi connectivity index (χ0v) is 10.00. The predicted octanol–water partition coefficient (Wildman–Crippen LogP) is 2.25. The molecule has 15 heavy (non-hydrogen) atoms. The summed E-state index contributed by atoms with van der Waals surface area (Å²) in [7, 11) is 0. The molecular formula is C10H10BrN3O. The minimum Gasteiger partial charge on any atom is -0.310 e. The maximum Gasteiger partial charge on any atom is 0.242 e. The Morgan fingerprint density at radius 2 is 2.33 bits per heavy atom. The second-order valence-electron chi connectivity index (χ2n) is 3.10. The number of nitrogens with one attached hydrogen (secondary N) is 1. The molecule has 0 aliphatic carbocycles. The van der Waals surface area contributed by atoms with Crippen molar-refractivity contribution in [2.24, 2.45) is 5.92 Å². The summed E-state index contributed by atoms with van der Waals surface area (Å²) in [6, 6.07) is 5.34. The molecule has 1 aromatic rings. The van der Waals surface area contributed by atoms with Crippen molar-refractivity contribution in [1.29, 1.82) is 5.26 Å². The Balaban J connectivity index is 2.78. The highest BCUT2D eigenvalue weighted by molar-refractivity contribution is 9.10. The third-order valence-electron chi connectivity index (χ3n) is 1.86. The fourth-order valence-corrected chi connectivity index (χ4v) is 1.13. The van der Waals surface area contributed by atoms with E-state index in [1.165, 1.54) is 0 Å². The Morgan fingerprint density at radius 3 is 2.87 bits per heavy atom. The zero-order valence-electron chi connectivity index (χ0n) is 8.41. The zero-order chi connectivity index (χ0) is 11.4. The van der Waals surface area contributed by atoms with Gasteiger partial charge in [0.2, 0.25) is 5.91 Å². The molecule has 5 heteroatoms. The van der Waals surface area contributed by atoms with Crippen LogP contribution in [-0.2, 0) is 4.79 Å². The number of aryl methyl sites for hydroxylation is 1. The number of amides is 1. The van der Waals surface area contributed by atoms with Crippen LogP contribution in [0.15, 0.2) is 16.6 Å². The van der Waals surface area contributed by atoms with E-state index in [4.69, 9.17) is 5.26 Å². The Labute approximate surface area is 96.4 Å².